The van der Waals surface area contributed by atoms with Crippen LogP contribution in [0.2, 0.25) is 0 Å². The van der Waals surface area contributed by atoms with Gasteiger partial charge >= 0.3 is 6.09 Å². The van der Waals surface area contributed by atoms with Gasteiger partial charge in [-0.25, -0.2) is 4.79 Å². The standard InChI is InChI=1S/C20H34N2O3/c1-8-9-10-22(16-12-19(4,5)21-20(6,7)13-16)18(23)25-17-11-14(2)24-15(17)3/h11,16,21H,8-10,12-13H2,1-7H3. The maximum atomic E-state index is 12.9. The predicted molar refractivity (Wildman–Crippen MR) is 100 cm³/mol. The van der Waals surface area contributed by atoms with Gasteiger partial charge in [0, 0.05) is 29.7 Å². The van der Waals surface area contributed by atoms with E-state index in [2.05, 4.69) is 39.9 Å². The lowest BCUT2D eigenvalue weighted by atomic mass is 9.79. The van der Waals surface area contributed by atoms with Crippen LogP contribution in [0, 0.1) is 13.8 Å². The summed E-state index contributed by atoms with van der Waals surface area (Å²) in [5.74, 6) is 1.92. The Balaban J connectivity index is 2.19. The van der Waals surface area contributed by atoms with Crippen molar-refractivity contribution in [3.8, 4) is 5.75 Å². The number of rotatable bonds is 5. The lowest BCUT2D eigenvalue weighted by Gasteiger charge is -2.49. The van der Waals surface area contributed by atoms with Crippen LogP contribution in [-0.2, 0) is 0 Å². The quantitative estimate of drug-likeness (QED) is 0.828. The molecule has 142 valence electrons. The van der Waals surface area contributed by atoms with Gasteiger partial charge in [-0.3, -0.25) is 0 Å². The first-order chi connectivity index (χ1) is 11.5. The number of ether oxygens (including phenoxy) is 1. The fourth-order valence-corrected chi connectivity index (χ4v) is 4.10. The molecule has 5 nitrogen and oxygen atoms in total. The van der Waals surface area contributed by atoms with Gasteiger partial charge in [-0.1, -0.05) is 13.3 Å². The number of aryl methyl sites for hydroxylation is 2. The van der Waals surface area contributed by atoms with Crippen LogP contribution in [0.1, 0.15) is 71.8 Å². The van der Waals surface area contributed by atoms with Gasteiger partial charge in [0.1, 0.15) is 11.5 Å². The summed E-state index contributed by atoms with van der Waals surface area (Å²) in [6.07, 6.45) is 3.59. The third kappa shape index (κ3) is 5.24. The Morgan fingerprint density at radius 3 is 2.36 bits per heavy atom. The summed E-state index contributed by atoms with van der Waals surface area (Å²) in [7, 11) is 0. The fraction of sp³-hybridized carbons (Fsp3) is 0.750. The van der Waals surface area contributed by atoms with Gasteiger partial charge in [-0.2, -0.15) is 0 Å². The van der Waals surface area contributed by atoms with Gasteiger partial charge < -0.3 is 19.4 Å². The number of nitrogens with zero attached hydrogens (tertiary/aromatic N) is 1. The van der Waals surface area contributed by atoms with Crippen molar-refractivity contribution in [1.29, 1.82) is 0 Å². The molecule has 1 aliphatic rings. The molecule has 0 aromatic carbocycles. The summed E-state index contributed by atoms with van der Waals surface area (Å²) < 4.78 is 11.2. The van der Waals surface area contributed by atoms with Crippen molar-refractivity contribution in [2.45, 2.75) is 91.3 Å². The average Bonchev–Trinajstić information content (AvgIpc) is 2.73. The van der Waals surface area contributed by atoms with Crippen LogP contribution in [0.3, 0.4) is 0 Å². The zero-order valence-electron chi connectivity index (χ0n) is 16.9. The molecule has 0 unspecified atom stereocenters. The molecule has 2 rings (SSSR count). The molecule has 1 saturated heterocycles. The lowest BCUT2D eigenvalue weighted by Crippen LogP contribution is -2.63. The maximum Gasteiger partial charge on any atom is 0.415 e. The Kier molecular flexibility index (Phi) is 5.87. The van der Waals surface area contributed by atoms with E-state index in [1.165, 1.54) is 0 Å². The van der Waals surface area contributed by atoms with Gasteiger partial charge in [-0.05, 0) is 60.8 Å². The number of amides is 1. The number of nitrogens with one attached hydrogen (secondary N) is 1. The third-order valence-corrected chi connectivity index (χ3v) is 4.79. The zero-order chi connectivity index (χ0) is 18.8. The topological polar surface area (TPSA) is 54.7 Å². The Bertz CT molecular complexity index is 588. The van der Waals surface area contributed by atoms with Crippen molar-refractivity contribution >= 4 is 6.09 Å². The van der Waals surface area contributed by atoms with Crippen molar-refractivity contribution < 1.29 is 13.9 Å². The number of unbranched alkanes of at least 4 members (excludes halogenated alkanes) is 1. The minimum atomic E-state index is -0.268. The molecular formula is C20H34N2O3. The van der Waals surface area contributed by atoms with Crippen LogP contribution >= 0.6 is 0 Å². The molecule has 0 spiro atoms. The van der Waals surface area contributed by atoms with E-state index in [9.17, 15) is 4.79 Å². The molecule has 1 aromatic heterocycles. The van der Waals surface area contributed by atoms with Gasteiger partial charge in [0.05, 0.1) is 0 Å². The highest BCUT2D eigenvalue weighted by atomic mass is 16.6. The van der Waals surface area contributed by atoms with E-state index in [1.54, 1.807) is 6.07 Å². The summed E-state index contributed by atoms with van der Waals surface area (Å²) in [6, 6.07) is 1.94. The molecule has 1 aliphatic heterocycles. The summed E-state index contributed by atoms with van der Waals surface area (Å²) in [6.45, 7) is 15.4. The molecular weight excluding hydrogens is 316 g/mol. The number of carbonyl (C=O) groups excluding carboxylic acids is 1. The first-order valence-electron chi connectivity index (χ1n) is 9.38. The molecule has 0 saturated carbocycles. The normalized spacial score (nSPS) is 19.6. The van der Waals surface area contributed by atoms with Crippen LogP contribution in [0.4, 0.5) is 4.79 Å². The first kappa shape index (κ1) is 19.8. The van der Waals surface area contributed by atoms with Crippen LogP contribution in [0.5, 0.6) is 5.75 Å². The highest BCUT2D eigenvalue weighted by Gasteiger charge is 2.41. The molecule has 25 heavy (non-hydrogen) atoms. The minimum Gasteiger partial charge on any atom is -0.463 e. The zero-order valence-corrected chi connectivity index (χ0v) is 16.9. The molecule has 1 N–H and O–H groups in total. The number of piperidine rings is 1. The molecule has 1 amide bonds. The van der Waals surface area contributed by atoms with E-state index < -0.39 is 0 Å². The summed E-state index contributed by atoms with van der Waals surface area (Å²) >= 11 is 0. The second-order valence-electron chi connectivity index (χ2n) is 8.65. The fourth-order valence-electron chi connectivity index (χ4n) is 4.10. The summed E-state index contributed by atoms with van der Waals surface area (Å²) in [5.41, 5.74) is -0.0292. The molecule has 0 radical (unpaired) electrons. The summed E-state index contributed by atoms with van der Waals surface area (Å²) in [5, 5.41) is 3.68. The van der Waals surface area contributed by atoms with Gasteiger partial charge in [0.15, 0.2) is 5.75 Å². The van der Waals surface area contributed by atoms with Gasteiger partial charge in [0.25, 0.3) is 0 Å². The molecule has 0 bridgehead atoms. The van der Waals surface area contributed by atoms with E-state index >= 15 is 0 Å². The average molecular weight is 351 g/mol. The number of carbonyl (C=O) groups is 1. The monoisotopic (exact) mass is 350 g/mol. The van der Waals surface area contributed by atoms with Crippen LogP contribution in [0.25, 0.3) is 0 Å². The third-order valence-electron chi connectivity index (χ3n) is 4.79. The van der Waals surface area contributed by atoms with Crippen molar-refractivity contribution in [2.75, 3.05) is 6.54 Å². The highest BCUT2D eigenvalue weighted by Crippen LogP contribution is 2.32. The minimum absolute atomic E-state index is 0.0146. The number of furan rings is 1. The molecule has 0 atom stereocenters. The Labute approximate surface area is 152 Å². The number of hydrogen-bond donors (Lipinski definition) is 1. The van der Waals surface area contributed by atoms with Crippen LogP contribution in [0.15, 0.2) is 10.5 Å². The second kappa shape index (κ2) is 7.40. The molecule has 0 aliphatic carbocycles. The number of hydrogen-bond acceptors (Lipinski definition) is 4. The van der Waals surface area contributed by atoms with E-state index in [1.807, 2.05) is 18.7 Å². The second-order valence-corrected chi connectivity index (χ2v) is 8.65. The highest BCUT2D eigenvalue weighted by molar-refractivity contribution is 5.71. The maximum absolute atomic E-state index is 12.9. The Hall–Kier alpha value is -1.49. The van der Waals surface area contributed by atoms with Gasteiger partial charge in [-0.15, -0.1) is 0 Å². The van der Waals surface area contributed by atoms with E-state index in [0.717, 1.165) is 38.0 Å². The van der Waals surface area contributed by atoms with Crippen molar-refractivity contribution in [2.24, 2.45) is 0 Å². The van der Waals surface area contributed by atoms with Gasteiger partial charge in [0.2, 0.25) is 0 Å². The SMILES string of the molecule is CCCCN(C(=O)Oc1cc(C)oc1C)C1CC(C)(C)NC(C)(C)C1. The smallest absolute Gasteiger partial charge is 0.415 e. The lowest BCUT2D eigenvalue weighted by molar-refractivity contribution is 0.0651. The van der Waals surface area contributed by atoms with Crippen LogP contribution < -0.4 is 10.1 Å². The Morgan fingerprint density at radius 1 is 1.28 bits per heavy atom. The van der Waals surface area contributed by atoms with Crippen molar-refractivity contribution in [3.05, 3.63) is 17.6 Å². The largest absolute Gasteiger partial charge is 0.463 e. The Morgan fingerprint density at radius 2 is 1.88 bits per heavy atom. The predicted octanol–water partition coefficient (Wildman–Crippen LogP) is 4.81. The molecule has 5 heteroatoms. The van der Waals surface area contributed by atoms with E-state index in [4.69, 9.17) is 9.15 Å². The summed E-state index contributed by atoms with van der Waals surface area (Å²) in [4.78, 5) is 14.9. The molecule has 2 heterocycles. The molecule has 1 fully saturated rings. The molecule has 1 aromatic rings. The first-order valence-corrected chi connectivity index (χ1v) is 9.38. The van der Waals surface area contributed by atoms with E-state index in [-0.39, 0.29) is 23.2 Å². The van der Waals surface area contributed by atoms with Crippen molar-refractivity contribution in [1.82, 2.24) is 10.2 Å². The van der Waals surface area contributed by atoms with E-state index in [0.29, 0.717) is 11.5 Å². The van der Waals surface area contributed by atoms with Crippen LogP contribution in [-0.4, -0.2) is 34.7 Å². The van der Waals surface area contributed by atoms with Crippen molar-refractivity contribution in [3.63, 3.8) is 0 Å².